The zero-order valence-electron chi connectivity index (χ0n) is 9.82. The van der Waals surface area contributed by atoms with Crippen LogP contribution in [-0.4, -0.2) is 54.4 Å². The molecule has 7 nitrogen and oxygen atoms in total. The fourth-order valence-electron chi connectivity index (χ4n) is 1.23. The topological polar surface area (TPSA) is 125 Å². The van der Waals surface area contributed by atoms with Gasteiger partial charge in [0.15, 0.2) is 0 Å². The molecule has 0 heterocycles. The molecule has 0 fully saturated rings. The van der Waals surface area contributed by atoms with Gasteiger partial charge in [0, 0.05) is 13.1 Å². The van der Waals surface area contributed by atoms with Gasteiger partial charge in [0.25, 0.3) is 0 Å². The summed E-state index contributed by atoms with van der Waals surface area (Å²) in [7, 11) is 0. The van der Waals surface area contributed by atoms with Crippen molar-refractivity contribution in [3.63, 3.8) is 0 Å². The molecule has 7 heteroatoms. The molecule has 0 saturated carbocycles. The van der Waals surface area contributed by atoms with Crippen molar-refractivity contribution >= 4 is 11.9 Å². The second kappa shape index (κ2) is 10.0. The van der Waals surface area contributed by atoms with Crippen LogP contribution in [0.25, 0.3) is 0 Å². The zero-order chi connectivity index (χ0) is 13.1. The third-order valence-corrected chi connectivity index (χ3v) is 2.19. The highest BCUT2D eigenvalue weighted by Gasteiger charge is 2.09. The standard InChI is InChI=1S/C10H21N3O4/c11-8(10(16)17)3-1-2-4-12-5-6-13-7-9(14)15/h8,12-13H,1-7,11H2,(H,14,15)(H,16,17)/t8-/m0/s1. The first-order chi connectivity index (χ1) is 8.04. The van der Waals surface area contributed by atoms with Gasteiger partial charge in [0.2, 0.25) is 0 Å². The van der Waals surface area contributed by atoms with E-state index < -0.39 is 18.0 Å². The molecule has 0 aliphatic heterocycles. The van der Waals surface area contributed by atoms with Gasteiger partial charge in [-0.15, -0.1) is 0 Å². The fraction of sp³-hybridized carbons (Fsp3) is 0.800. The summed E-state index contributed by atoms with van der Waals surface area (Å²) in [5, 5.41) is 22.7. The average molecular weight is 247 g/mol. The summed E-state index contributed by atoms with van der Waals surface area (Å²) < 4.78 is 0. The molecule has 17 heavy (non-hydrogen) atoms. The zero-order valence-corrected chi connectivity index (χ0v) is 9.82. The maximum atomic E-state index is 10.4. The number of nitrogens with two attached hydrogens (primary N) is 1. The molecule has 0 rings (SSSR count). The number of carboxylic acids is 2. The van der Waals surface area contributed by atoms with Crippen molar-refractivity contribution in [1.82, 2.24) is 10.6 Å². The minimum Gasteiger partial charge on any atom is -0.480 e. The minimum absolute atomic E-state index is 0.0326. The average Bonchev–Trinajstić information content (AvgIpc) is 2.25. The molecule has 0 aliphatic rings. The predicted molar refractivity (Wildman–Crippen MR) is 62.8 cm³/mol. The predicted octanol–water partition coefficient (Wildman–Crippen LogP) is -1.17. The van der Waals surface area contributed by atoms with Crippen LogP contribution < -0.4 is 16.4 Å². The smallest absolute Gasteiger partial charge is 0.320 e. The molecule has 0 aromatic carbocycles. The lowest BCUT2D eigenvalue weighted by Gasteiger charge is -2.07. The first-order valence-electron chi connectivity index (χ1n) is 5.65. The van der Waals surface area contributed by atoms with E-state index in [0.29, 0.717) is 19.5 Å². The van der Waals surface area contributed by atoms with Gasteiger partial charge in [-0.05, 0) is 19.4 Å². The molecule has 0 bridgehead atoms. The summed E-state index contributed by atoms with van der Waals surface area (Å²) in [4.78, 5) is 20.5. The van der Waals surface area contributed by atoms with Crippen LogP contribution in [0.15, 0.2) is 0 Å². The van der Waals surface area contributed by atoms with Crippen LogP contribution in [0.5, 0.6) is 0 Å². The molecule has 0 radical (unpaired) electrons. The Balaban J connectivity index is 3.14. The lowest BCUT2D eigenvalue weighted by atomic mass is 10.1. The van der Waals surface area contributed by atoms with Gasteiger partial charge < -0.3 is 26.6 Å². The molecule has 0 aliphatic carbocycles. The van der Waals surface area contributed by atoms with Crippen molar-refractivity contribution in [1.29, 1.82) is 0 Å². The highest BCUT2D eigenvalue weighted by molar-refractivity contribution is 5.72. The summed E-state index contributed by atoms with van der Waals surface area (Å²) in [6.45, 7) is 2.04. The molecule has 0 aromatic rings. The summed E-state index contributed by atoms with van der Waals surface area (Å²) in [6.07, 6.45) is 2.11. The van der Waals surface area contributed by atoms with Crippen molar-refractivity contribution in [2.24, 2.45) is 5.73 Å². The third kappa shape index (κ3) is 11.1. The minimum atomic E-state index is -0.962. The maximum Gasteiger partial charge on any atom is 0.320 e. The van der Waals surface area contributed by atoms with Crippen molar-refractivity contribution < 1.29 is 19.8 Å². The first kappa shape index (κ1) is 15.8. The van der Waals surface area contributed by atoms with E-state index in [1.807, 2.05) is 0 Å². The summed E-state index contributed by atoms with van der Waals surface area (Å²) in [5.41, 5.74) is 5.34. The quantitative estimate of drug-likeness (QED) is 0.291. The number of carboxylic acid groups (broad SMARTS) is 2. The molecule has 0 aromatic heterocycles. The SMILES string of the molecule is N[C@@H](CCCCNCCNCC(=O)O)C(=O)O. The van der Waals surface area contributed by atoms with E-state index in [4.69, 9.17) is 15.9 Å². The molecule has 6 N–H and O–H groups in total. The van der Waals surface area contributed by atoms with Gasteiger partial charge in [0.05, 0.1) is 6.54 Å². The monoisotopic (exact) mass is 247 g/mol. The van der Waals surface area contributed by atoms with Crippen LogP contribution in [0.3, 0.4) is 0 Å². The fourth-order valence-corrected chi connectivity index (χ4v) is 1.23. The number of hydrogen-bond donors (Lipinski definition) is 5. The number of unbranched alkanes of at least 4 members (excludes halogenated alkanes) is 1. The van der Waals surface area contributed by atoms with Crippen molar-refractivity contribution in [3.05, 3.63) is 0 Å². The van der Waals surface area contributed by atoms with E-state index in [2.05, 4.69) is 10.6 Å². The van der Waals surface area contributed by atoms with Gasteiger partial charge in [-0.2, -0.15) is 0 Å². The summed E-state index contributed by atoms with van der Waals surface area (Å²) >= 11 is 0. The van der Waals surface area contributed by atoms with Gasteiger partial charge in [-0.1, -0.05) is 6.42 Å². The van der Waals surface area contributed by atoms with E-state index in [9.17, 15) is 9.59 Å². The van der Waals surface area contributed by atoms with Crippen LogP contribution in [0.1, 0.15) is 19.3 Å². The lowest BCUT2D eigenvalue weighted by Crippen LogP contribution is -2.32. The van der Waals surface area contributed by atoms with Crippen LogP contribution in [0, 0.1) is 0 Å². The lowest BCUT2D eigenvalue weighted by molar-refractivity contribution is -0.139. The van der Waals surface area contributed by atoms with E-state index in [1.54, 1.807) is 0 Å². The molecule has 0 unspecified atom stereocenters. The Hall–Kier alpha value is -1.18. The molecule has 100 valence electrons. The van der Waals surface area contributed by atoms with Crippen LogP contribution in [0.4, 0.5) is 0 Å². The largest absolute Gasteiger partial charge is 0.480 e. The molecular formula is C10H21N3O4. The van der Waals surface area contributed by atoms with Crippen molar-refractivity contribution in [2.45, 2.75) is 25.3 Å². The second-order valence-corrected chi connectivity index (χ2v) is 3.76. The number of carbonyl (C=O) groups is 2. The Bertz CT molecular complexity index is 236. The van der Waals surface area contributed by atoms with Gasteiger partial charge >= 0.3 is 11.9 Å². The molecular weight excluding hydrogens is 226 g/mol. The van der Waals surface area contributed by atoms with E-state index >= 15 is 0 Å². The van der Waals surface area contributed by atoms with E-state index in [0.717, 1.165) is 19.4 Å². The molecule has 0 spiro atoms. The van der Waals surface area contributed by atoms with Crippen LogP contribution in [-0.2, 0) is 9.59 Å². The van der Waals surface area contributed by atoms with Gasteiger partial charge in [-0.25, -0.2) is 0 Å². The Kier molecular flexibility index (Phi) is 9.31. The van der Waals surface area contributed by atoms with Crippen molar-refractivity contribution in [2.75, 3.05) is 26.2 Å². The Morgan fingerprint density at radius 2 is 1.71 bits per heavy atom. The summed E-state index contributed by atoms with van der Waals surface area (Å²) in [6, 6.07) is -0.771. The second-order valence-electron chi connectivity index (χ2n) is 3.76. The number of aliphatic carboxylic acids is 2. The third-order valence-electron chi connectivity index (χ3n) is 2.19. The van der Waals surface area contributed by atoms with Crippen molar-refractivity contribution in [3.8, 4) is 0 Å². The Labute approximate surface area is 100 Å². The van der Waals surface area contributed by atoms with Crippen LogP contribution >= 0.6 is 0 Å². The number of nitrogens with one attached hydrogen (secondary N) is 2. The Morgan fingerprint density at radius 3 is 2.29 bits per heavy atom. The normalized spacial score (nSPS) is 12.3. The Morgan fingerprint density at radius 1 is 1.06 bits per heavy atom. The van der Waals surface area contributed by atoms with E-state index in [1.165, 1.54) is 0 Å². The highest BCUT2D eigenvalue weighted by atomic mass is 16.4. The van der Waals surface area contributed by atoms with Gasteiger partial charge in [0.1, 0.15) is 6.04 Å². The number of rotatable bonds is 11. The first-order valence-corrected chi connectivity index (χ1v) is 5.65. The molecule has 0 saturated heterocycles. The van der Waals surface area contributed by atoms with Gasteiger partial charge in [-0.3, -0.25) is 9.59 Å². The molecule has 1 atom stereocenters. The molecule has 0 amide bonds. The number of hydrogen-bond acceptors (Lipinski definition) is 5. The summed E-state index contributed by atoms with van der Waals surface area (Å²) in [5.74, 6) is -1.83. The maximum absolute atomic E-state index is 10.4. The van der Waals surface area contributed by atoms with E-state index in [-0.39, 0.29) is 6.54 Å². The highest BCUT2D eigenvalue weighted by Crippen LogP contribution is 1.97. The van der Waals surface area contributed by atoms with Crippen LogP contribution in [0.2, 0.25) is 0 Å².